The van der Waals surface area contributed by atoms with Gasteiger partial charge in [-0.05, 0) is 17.7 Å². The van der Waals surface area contributed by atoms with Crippen molar-refractivity contribution < 1.29 is 14.7 Å². The molecule has 0 spiro atoms. The maximum absolute atomic E-state index is 12.8. The zero-order valence-electron chi connectivity index (χ0n) is 13.7. The van der Waals surface area contributed by atoms with Crippen molar-refractivity contribution in [2.45, 2.75) is 6.04 Å². The highest BCUT2D eigenvalue weighted by molar-refractivity contribution is 9.10. The van der Waals surface area contributed by atoms with Gasteiger partial charge >= 0.3 is 5.91 Å². The molecule has 1 unspecified atom stereocenters. The maximum Gasteiger partial charge on any atom is 0.301 e. The summed E-state index contributed by atoms with van der Waals surface area (Å²) in [6.07, 6.45) is 0. The summed E-state index contributed by atoms with van der Waals surface area (Å²) in [7, 11) is 0. The van der Waals surface area contributed by atoms with Gasteiger partial charge in [0.2, 0.25) is 5.13 Å². The molecule has 27 heavy (non-hydrogen) atoms. The minimum absolute atomic E-state index is 0.0273. The molecule has 0 aliphatic carbocycles. The van der Waals surface area contributed by atoms with Crippen LogP contribution in [0.3, 0.4) is 0 Å². The Morgan fingerprint density at radius 3 is 2.56 bits per heavy atom. The summed E-state index contributed by atoms with van der Waals surface area (Å²) >= 11 is 4.57. The number of ketones is 1. The molecule has 6 nitrogen and oxygen atoms in total. The third-order valence-electron chi connectivity index (χ3n) is 4.21. The molecule has 1 fully saturated rings. The second-order valence-electron chi connectivity index (χ2n) is 5.81. The van der Waals surface area contributed by atoms with Crippen LogP contribution in [-0.2, 0) is 9.59 Å². The van der Waals surface area contributed by atoms with E-state index >= 15 is 0 Å². The van der Waals surface area contributed by atoms with Crippen LogP contribution in [0.1, 0.15) is 17.2 Å². The van der Waals surface area contributed by atoms with Gasteiger partial charge in [-0.15, -0.1) is 10.2 Å². The molecule has 0 bridgehead atoms. The Balaban J connectivity index is 1.96. The lowest BCUT2D eigenvalue weighted by Gasteiger charge is -2.22. The predicted octanol–water partition coefficient (Wildman–Crippen LogP) is 3.93. The molecule has 1 aliphatic heterocycles. The van der Waals surface area contributed by atoms with Crippen molar-refractivity contribution in [3.63, 3.8) is 0 Å². The normalized spacial score (nSPS) is 18.9. The van der Waals surface area contributed by atoms with Crippen molar-refractivity contribution in [3.05, 3.63) is 81.3 Å². The van der Waals surface area contributed by atoms with Crippen molar-refractivity contribution in [1.82, 2.24) is 10.2 Å². The van der Waals surface area contributed by atoms with Gasteiger partial charge in [0.05, 0.1) is 11.6 Å². The number of hydrogen-bond donors (Lipinski definition) is 1. The Kier molecular flexibility index (Phi) is 4.59. The Morgan fingerprint density at radius 2 is 1.89 bits per heavy atom. The zero-order chi connectivity index (χ0) is 19.0. The number of amides is 1. The summed E-state index contributed by atoms with van der Waals surface area (Å²) in [6.45, 7) is 0. The lowest BCUT2D eigenvalue weighted by Crippen LogP contribution is -2.29. The molecule has 2 aromatic carbocycles. The number of carbonyl (C=O) groups is 2. The monoisotopic (exact) mass is 441 g/mol. The van der Waals surface area contributed by atoms with Crippen molar-refractivity contribution in [1.29, 1.82) is 0 Å². The molecular weight excluding hydrogens is 430 g/mol. The molecule has 2 heterocycles. The fraction of sp³-hybridized carbons (Fsp3) is 0.0526. The number of rotatable bonds is 3. The number of aliphatic hydroxyl groups is 1. The highest BCUT2D eigenvalue weighted by atomic mass is 79.9. The SMILES string of the molecule is O=C1C(=O)N(c2nncs2)C(c2cccc(Br)c2)/C1=C(\O)c1ccccc1. The molecule has 1 atom stereocenters. The van der Waals surface area contributed by atoms with E-state index in [0.717, 1.165) is 15.8 Å². The predicted molar refractivity (Wildman–Crippen MR) is 105 cm³/mol. The largest absolute Gasteiger partial charge is 0.507 e. The summed E-state index contributed by atoms with van der Waals surface area (Å²) in [4.78, 5) is 26.9. The van der Waals surface area contributed by atoms with E-state index in [2.05, 4.69) is 26.1 Å². The molecule has 8 heteroatoms. The first-order chi connectivity index (χ1) is 13.1. The van der Waals surface area contributed by atoms with Crippen LogP contribution in [0.15, 0.2) is 70.2 Å². The van der Waals surface area contributed by atoms with E-state index in [9.17, 15) is 14.7 Å². The van der Waals surface area contributed by atoms with E-state index in [1.807, 2.05) is 24.3 Å². The Labute approximate surface area is 166 Å². The van der Waals surface area contributed by atoms with E-state index in [4.69, 9.17) is 0 Å². The van der Waals surface area contributed by atoms with Gasteiger partial charge in [-0.2, -0.15) is 0 Å². The smallest absolute Gasteiger partial charge is 0.301 e. The molecular formula is C19H12BrN3O3S. The van der Waals surface area contributed by atoms with Crippen LogP contribution in [0, 0.1) is 0 Å². The first-order valence-electron chi connectivity index (χ1n) is 7.96. The molecule has 1 aromatic heterocycles. The fourth-order valence-electron chi connectivity index (χ4n) is 3.05. The number of aliphatic hydroxyl groups excluding tert-OH is 1. The van der Waals surface area contributed by atoms with Gasteiger partial charge in [0, 0.05) is 10.0 Å². The lowest BCUT2D eigenvalue weighted by atomic mass is 9.95. The quantitative estimate of drug-likeness (QED) is 0.378. The van der Waals surface area contributed by atoms with Gasteiger partial charge in [0.25, 0.3) is 5.78 Å². The minimum Gasteiger partial charge on any atom is -0.507 e. The number of benzene rings is 2. The minimum atomic E-state index is -0.796. The Bertz CT molecular complexity index is 1050. The summed E-state index contributed by atoms with van der Waals surface area (Å²) in [5.41, 5.74) is 2.66. The topological polar surface area (TPSA) is 83.4 Å². The van der Waals surface area contributed by atoms with Gasteiger partial charge < -0.3 is 5.11 Å². The van der Waals surface area contributed by atoms with Crippen molar-refractivity contribution in [2.24, 2.45) is 0 Å². The van der Waals surface area contributed by atoms with Crippen molar-refractivity contribution >= 4 is 49.8 Å². The van der Waals surface area contributed by atoms with Crippen LogP contribution in [0.2, 0.25) is 0 Å². The molecule has 1 saturated heterocycles. The number of aromatic nitrogens is 2. The Hall–Kier alpha value is -2.84. The van der Waals surface area contributed by atoms with E-state index in [1.54, 1.807) is 30.3 Å². The van der Waals surface area contributed by atoms with E-state index in [-0.39, 0.29) is 11.3 Å². The number of carbonyl (C=O) groups excluding carboxylic acids is 2. The number of Topliss-reactive ketones (excluding diaryl/α,β-unsaturated/α-hetero) is 1. The standard InChI is InChI=1S/C19H12BrN3O3S/c20-13-8-4-7-12(9-13)15-14(16(24)11-5-2-1-3-6-11)17(25)18(26)23(15)19-22-21-10-27-19/h1-10,15,24H/b16-14+. The average molecular weight is 442 g/mol. The first kappa shape index (κ1) is 17.6. The third-order valence-corrected chi connectivity index (χ3v) is 5.39. The number of nitrogens with zero attached hydrogens (tertiary/aromatic N) is 3. The van der Waals surface area contributed by atoms with Crippen LogP contribution in [0.4, 0.5) is 5.13 Å². The summed E-state index contributed by atoms with van der Waals surface area (Å²) in [5, 5.41) is 18.9. The van der Waals surface area contributed by atoms with Crippen molar-refractivity contribution in [2.75, 3.05) is 4.90 Å². The second-order valence-corrected chi connectivity index (χ2v) is 7.54. The van der Waals surface area contributed by atoms with Gasteiger partial charge in [-0.3, -0.25) is 14.5 Å². The van der Waals surface area contributed by atoms with Crippen LogP contribution >= 0.6 is 27.3 Å². The third kappa shape index (κ3) is 3.07. The number of halogens is 1. The van der Waals surface area contributed by atoms with Gasteiger partial charge in [-0.25, -0.2) is 0 Å². The summed E-state index contributed by atoms with van der Waals surface area (Å²) in [6, 6.07) is 15.2. The molecule has 1 aliphatic rings. The first-order valence-corrected chi connectivity index (χ1v) is 9.63. The zero-order valence-corrected chi connectivity index (χ0v) is 16.1. The van der Waals surface area contributed by atoms with Crippen LogP contribution in [0.5, 0.6) is 0 Å². The maximum atomic E-state index is 12.8. The molecule has 1 amide bonds. The molecule has 1 N–H and O–H groups in total. The molecule has 0 saturated carbocycles. The highest BCUT2D eigenvalue weighted by Crippen LogP contribution is 2.42. The van der Waals surface area contributed by atoms with Gasteiger partial charge in [0.1, 0.15) is 11.3 Å². The van der Waals surface area contributed by atoms with Gasteiger partial charge in [0.15, 0.2) is 0 Å². The molecule has 0 radical (unpaired) electrons. The van der Waals surface area contributed by atoms with Gasteiger partial charge in [-0.1, -0.05) is 69.7 Å². The second kappa shape index (κ2) is 7.05. The number of anilines is 1. The molecule has 4 rings (SSSR count). The molecule has 134 valence electrons. The van der Waals surface area contributed by atoms with Crippen LogP contribution in [-0.4, -0.2) is 27.0 Å². The Morgan fingerprint density at radius 1 is 1.11 bits per heavy atom. The summed E-state index contributed by atoms with van der Waals surface area (Å²) < 4.78 is 0.794. The van der Waals surface area contributed by atoms with E-state index < -0.39 is 17.7 Å². The highest BCUT2D eigenvalue weighted by Gasteiger charge is 2.48. The average Bonchev–Trinajstić information content (AvgIpc) is 3.29. The number of hydrogen-bond acceptors (Lipinski definition) is 6. The fourth-order valence-corrected chi connectivity index (χ4v) is 4.05. The van der Waals surface area contributed by atoms with E-state index in [0.29, 0.717) is 16.3 Å². The van der Waals surface area contributed by atoms with E-state index in [1.165, 1.54) is 10.4 Å². The lowest BCUT2D eigenvalue weighted by molar-refractivity contribution is -0.132. The molecule has 3 aromatic rings. The van der Waals surface area contributed by atoms with Crippen LogP contribution < -0.4 is 4.90 Å². The summed E-state index contributed by atoms with van der Waals surface area (Å²) in [5.74, 6) is -1.71. The van der Waals surface area contributed by atoms with Crippen LogP contribution in [0.25, 0.3) is 5.76 Å². The van der Waals surface area contributed by atoms with Crippen molar-refractivity contribution in [3.8, 4) is 0 Å².